The molecule has 4 rings (SSSR count). The lowest BCUT2D eigenvalue weighted by Gasteiger charge is -2.08. The van der Waals surface area contributed by atoms with E-state index < -0.39 is 0 Å². The van der Waals surface area contributed by atoms with Crippen LogP contribution in [-0.4, -0.2) is 34.1 Å². The van der Waals surface area contributed by atoms with Crippen LogP contribution in [0.15, 0.2) is 66.7 Å². The molecular formula is C24H24N4O3. The van der Waals surface area contributed by atoms with E-state index in [1.165, 1.54) is 0 Å². The van der Waals surface area contributed by atoms with Gasteiger partial charge in [-0.05, 0) is 74.0 Å². The molecule has 1 N–H and O–H groups in total. The van der Waals surface area contributed by atoms with E-state index in [1.54, 1.807) is 16.9 Å². The molecule has 0 saturated heterocycles. The number of nitrogens with zero attached hydrogens (tertiary/aromatic N) is 3. The Morgan fingerprint density at radius 2 is 1.71 bits per heavy atom. The highest BCUT2D eigenvalue weighted by Crippen LogP contribution is 2.20. The van der Waals surface area contributed by atoms with Crippen molar-refractivity contribution in [3.05, 3.63) is 72.3 Å². The lowest BCUT2D eigenvalue weighted by Crippen LogP contribution is -2.12. The smallest absolute Gasteiger partial charge is 0.255 e. The van der Waals surface area contributed by atoms with Gasteiger partial charge in [0.2, 0.25) is 0 Å². The molecule has 4 aromatic rings. The standard InChI is InChI=1S/C24H24N4O3/c1-3-14-31-21-7-5-6-17(15-21)24(29)25-18-8-13-22-23(16-18)27-28(26-22)19-9-11-20(12-10-19)30-4-2/h5-13,15-16H,3-4,14H2,1-2H3,(H,25,29). The summed E-state index contributed by atoms with van der Waals surface area (Å²) < 4.78 is 11.1. The van der Waals surface area contributed by atoms with Crippen LogP contribution in [-0.2, 0) is 0 Å². The minimum absolute atomic E-state index is 0.208. The minimum Gasteiger partial charge on any atom is -0.494 e. The Bertz CT molecular complexity index is 1190. The van der Waals surface area contributed by atoms with Crippen LogP contribution < -0.4 is 14.8 Å². The molecule has 1 heterocycles. The highest BCUT2D eigenvalue weighted by atomic mass is 16.5. The number of rotatable bonds is 8. The van der Waals surface area contributed by atoms with Gasteiger partial charge in [-0.2, -0.15) is 4.80 Å². The number of ether oxygens (including phenoxy) is 2. The minimum atomic E-state index is -0.208. The molecule has 1 amide bonds. The average Bonchev–Trinajstić information content (AvgIpc) is 3.22. The van der Waals surface area contributed by atoms with E-state index >= 15 is 0 Å². The SMILES string of the molecule is CCCOc1cccc(C(=O)Nc2ccc3nn(-c4ccc(OCC)cc4)nc3c2)c1. The summed E-state index contributed by atoms with van der Waals surface area (Å²) in [5, 5.41) is 12.0. The fourth-order valence-corrected chi connectivity index (χ4v) is 3.10. The molecule has 1 aromatic heterocycles. The zero-order chi connectivity index (χ0) is 21.6. The van der Waals surface area contributed by atoms with Crippen LogP contribution in [0.25, 0.3) is 16.7 Å². The number of hydrogen-bond acceptors (Lipinski definition) is 5. The molecule has 0 radical (unpaired) electrons. The van der Waals surface area contributed by atoms with Crippen molar-refractivity contribution in [2.75, 3.05) is 18.5 Å². The van der Waals surface area contributed by atoms with Crippen LogP contribution in [0.2, 0.25) is 0 Å². The third kappa shape index (κ3) is 4.83. The molecule has 0 atom stereocenters. The van der Waals surface area contributed by atoms with Gasteiger partial charge in [0.1, 0.15) is 22.5 Å². The van der Waals surface area contributed by atoms with Crippen LogP contribution in [0.5, 0.6) is 11.5 Å². The van der Waals surface area contributed by atoms with Crippen molar-refractivity contribution in [1.82, 2.24) is 15.0 Å². The number of hydrogen-bond donors (Lipinski definition) is 1. The molecule has 0 aliphatic carbocycles. The van der Waals surface area contributed by atoms with Gasteiger partial charge in [-0.3, -0.25) is 4.79 Å². The summed E-state index contributed by atoms with van der Waals surface area (Å²) >= 11 is 0. The van der Waals surface area contributed by atoms with E-state index in [2.05, 4.69) is 15.5 Å². The summed E-state index contributed by atoms with van der Waals surface area (Å²) in [6.07, 6.45) is 0.910. The van der Waals surface area contributed by atoms with Gasteiger partial charge in [0.15, 0.2) is 0 Å². The maximum absolute atomic E-state index is 12.7. The summed E-state index contributed by atoms with van der Waals surface area (Å²) in [4.78, 5) is 14.2. The fraction of sp³-hybridized carbons (Fsp3) is 0.208. The molecule has 31 heavy (non-hydrogen) atoms. The zero-order valence-electron chi connectivity index (χ0n) is 17.5. The summed E-state index contributed by atoms with van der Waals surface area (Å²) in [5.74, 6) is 1.28. The first-order chi connectivity index (χ1) is 15.2. The van der Waals surface area contributed by atoms with Crippen molar-refractivity contribution in [3.63, 3.8) is 0 Å². The average molecular weight is 416 g/mol. The van der Waals surface area contributed by atoms with Gasteiger partial charge in [-0.15, -0.1) is 10.2 Å². The third-order valence-corrected chi connectivity index (χ3v) is 4.59. The number of fused-ring (bicyclic) bond motifs is 1. The Morgan fingerprint density at radius 3 is 2.48 bits per heavy atom. The van der Waals surface area contributed by atoms with Gasteiger partial charge < -0.3 is 14.8 Å². The highest BCUT2D eigenvalue weighted by Gasteiger charge is 2.10. The molecule has 0 fully saturated rings. The number of nitrogens with one attached hydrogen (secondary N) is 1. The van der Waals surface area contributed by atoms with E-state index in [1.807, 2.05) is 68.4 Å². The van der Waals surface area contributed by atoms with Crippen molar-refractivity contribution >= 4 is 22.6 Å². The second kappa shape index (κ2) is 9.30. The lowest BCUT2D eigenvalue weighted by atomic mass is 10.2. The molecule has 0 aliphatic rings. The van der Waals surface area contributed by atoms with Gasteiger partial charge in [0.25, 0.3) is 5.91 Å². The first kappa shape index (κ1) is 20.4. The molecule has 7 heteroatoms. The van der Waals surface area contributed by atoms with E-state index in [0.29, 0.717) is 35.7 Å². The summed E-state index contributed by atoms with van der Waals surface area (Å²) in [7, 11) is 0. The summed E-state index contributed by atoms with van der Waals surface area (Å²) in [6.45, 7) is 5.22. The highest BCUT2D eigenvalue weighted by molar-refractivity contribution is 6.05. The molecule has 7 nitrogen and oxygen atoms in total. The monoisotopic (exact) mass is 416 g/mol. The van der Waals surface area contributed by atoms with E-state index in [-0.39, 0.29) is 5.91 Å². The van der Waals surface area contributed by atoms with Crippen molar-refractivity contribution in [1.29, 1.82) is 0 Å². The van der Waals surface area contributed by atoms with Crippen molar-refractivity contribution in [2.24, 2.45) is 0 Å². The Labute approximate surface area is 180 Å². The van der Waals surface area contributed by atoms with Gasteiger partial charge in [-0.25, -0.2) is 0 Å². The second-order valence-electron chi connectivity index (χ2n) is 6.95. The van der Waals surface area contributed by atoms with Gasteiger partial charge in [-0.1, -0.05) is 13.0 Å². The maximum atomic E-state index is 12.7. The number of carbonyl (C=O) groups is 1. The fourth-order valence-electron chi connectivity index (χ4n) is 3.10. The van der Waals surface area contributed by atoms with Crippen LogP contribution in [0.4, 0.5) is 5.69 Å². The lowest BCUT2D eigenvalue weighted by molar-refractivity contribution is 0.102. The van der Waals surface area contributed by atoms with Gasteiger partial charge >= 0.3 is 0 Å². The number of benzene rings is 3. The molecule has 0 spiro atoms. The number of aromatic nitrogens is 3. The molecule has 0 saturated carbocycles. The van der Waals surface area contributed by atoms with E-state index in [9.17, 15) is 4.79 Å². The molecule has 158 valence electrons. The van der Waals surface area contributed by atoms with Crippen LogP contribution in [0, 0.1) is 0 Å². The predicted octanol–water partition coefficient (Wildman–Crippen LogP) is 4.86. The molecular weight excluding hydrogens is 392 g/mol. The first-order valence-corrected chi connectivity index (χ1v) is 10.3. The molecule has 0 aliphatic heterocycles. The molecule has 0 unspecified atom stereocenters. The largest absolute Gasteiger partial charge is 0.494 e. The molecule has 0 bridgehead atoms. The first-order valence-electron chi connectivity index (χ1n) is 10.3. The maximum Gasteiger partial charge on any atom is 0.255 e. The van der Waals surface area contributed by atoms with Crippen LogP contribution >= 0.6 is 0 Å². The van der Waals surface area contributed by atoms with Gasteiger partial charge in [0, 0.05) is 11.3 Å². The topological polar surface area (TPSA) is 78.3 Å². The van der Waals surface area contributed by atoms with E-state index in [0.717, 1.165) is 23.4 Å². The Morgan fingerprint density at radius 1 is 0.903 bits per heavy atom. The van der Waals surface area contributed by atoms with Crippen molar-refractivity contribution in [3.8, 4) is 17.2 Å². The number of carbonyl (C=O) groups excluding carboxylic acids is 1. The Balaban J connectivity index is 1.51. The Hall–Kier alpha value is -3.87. The van der Waals surface area contributed by atoms with Crippen LogP contribution in [0.1, 0.15) is 30.6 Å². The third-order valence-electron chi connectivity index (χ3n) is 4.59. The predicted molar refractivity (Wildman–Crippen MR) is 120 cm³/mol. The number of amides is 1. The van der Waals surface area contributed by atoms with Gasteiger partial charge in [0.05, 0.1) is 18.9 Å². The summed E-state index contributed by atoms with van der Waals surface area (Å²) in [6, 6.07) is 20.2. The Kier molecular flexibility index (Phi) is 6.12. The molecule has 3 aromatic carbocycles. The zero-order valence-corrected chi connectivity index (χ0v) is 17.5. The summed E-state index contributed by atoms with van der Waals surface area (Å²) in [5.41, 5.74) is 3.44. The quantitative estimate of drug-likeness (QED) is 0.444. The van der Waals surface area contributed by atoms with Crippen molar-refractivity contribution in [2.45, 2.75) is 20.3 Å². The van der Waals surface area contributed by atoms with Crippen molar-refractivity contribution < 1.29 is 14.3 Å². The van der Waals surface area contributed by atoms with Crippen LogP contribution in [0.3, 0.4) is 0 Å². The second-order valence-corrected chi connectivity index (χ2v) is 6.95. The normalized spacial score (nSPS) is 10.8. The van der Waals surface area contributed by atoms with E-state index in [4.69, 9.17) is 9.47 Å². The number of anilines is 1.